The molecular formula is C23H27N7. The Labute approximate surface area is 176 Å². The molecule has 1 fully saturated rings. The molecule has 3 aromatic rings. The Morgan fingerprint density at radius 1 is 1.00 bits per heavy atom. The molecule has 1 aliphatic carbocycles. The number of hydrogen-bond donors (Lipinski definition) is 2. The predicted molar refractivity (Wildman–Crippen MR) is 122 cm³/mol. The average Bonchev–Trinajstić information content (AvgIpc) is 3.12. The number of pyridine rings is 1. The van der Waals surface area contributed by atoms with Crippen LogP contribution in [0, 0.1) is 13.8 Å². The molecule has 2 aromatic heterocycles. The number of imidazole rings is 1. The Hall–Kier alpha value is -3.35. The van der Waals surface area contributed by atoms with Crippen molar-refractivity contribution in [1.82, 2.24) is 9.38 Å². The van der Waals surface area contributed by atoms with Crippen molar-refractivity contribution in [3.63, 3.8) is 0 Å². The Morgan fingerprint density at radius 2 is 1.80 bits per heavy atom. The maximum atomic E-state index is 6.44. The van der Waals surface area contributed by atoms with Crippen molar-refractivity contribution >= 4 is 23.3 Å². The number of fused-ring (bicyclic) bond motifs is 1. The molecule has 0 atom stereocenters. The third-order valence-corrected chi connectivity index (χ3v) is 6.21. The second-order valence-corrected chi connectivity index (χ2v) is 8.42. The van der Waals surface area contributed by atoms with Crippen LogP contribution < -0.4 is 16.4 Å². The number of anilines is 1. The Morgan fingerprint density at radius 3 is 2.60 bits per heavy atom. The van der Waals surface area contributed by atoms with Gasteiger partial charge in [0.1, 0.15) is 11.3 Å². The van der Waals surface area contributed by atoms with E-state index >= 15 is 0 Å². The van der Waals surface area contributed by atoms with E-state index in [2.05, 4.69) is 60.3 Å². The number of hydrogen-bond acceptors (Lipinski definition) is 6. The number of nitrogens with two attached hydrogens (primary N) is 2. The van der Waals surface area contributed by atoms with Crippen molar-refractivity contribution in [3.8, 4) is 11.3 Å². The molecule has 154 valence electrons. The van der Waals surface area contributed by atoms with Gasteiger partial charge in [-0.2, -0.15) is 4.99 Å². The van der Waals surface area contributed by atoms with Gasteiger partial charge in [0.2, 0.25) is 11.9 Å². The smallest absolute Gasteiger partial charge is 0.220 e. The molecule has 30 heavy (non-hydrogen) atoms. The lowest BCUT2D eigenvalue weighted by Crippen LogP contribution is -2.58. The van der Waals surface area contributed by atoms with Crippen LogP contribution in [0.2, 0.25) is 0 Å². The molecule has 7 heteroatoms. The minimum absolute atomic E-state index is 0.273. The molecule has 0 radical (unpaired) electrons. The normalized spacial score (nSPS) is 18.5. The summed E-state index contributed by atoms with van der Waals surface area (Å²) in [6.45, 7) is 4.17. The van der Waals surface area contributed by atoms with Crippen molar-refractivity contribution in [1.29, 1.82) is 0 Å². The number of rotatable bonds is 2. The van der Waals surface area contributed by atoms with E-state index in [1.165, 1.54) is 12.0 Å². The zero-order chi connectivity index (χ0) is 20.9. The van der Waals surface area contributed by atoms with Crippen LogP contribution in [-0.2, 0) is 0 Å². The van der Waals surface area contributed by atoms with E-state index in [0.717, 1.165) is 53.8 Å². The summed E-state index contributed by atoms with van der Waals surface area (Å²) in [5.41, 5.74) is 18.2. The lowest BCUT2D eigenvalue weighted by atomic mass is 9.86. The van der Waals surface area contributed by atoms with Crippen LogP contribution in [0.5, 0.6) is 0 Å². The van der Waals surface area contributed by atoms with Crippen molar-refractivity contribution < 1.29 is 0 Å². The molecule has 0 saturated heterocycles. The van der Waals surface area contributed by atoms with Gasteiger partial charge >= 0.3 is 0 Å². The molecule has 1 spiro atoms. The van der Waals surface area contributed by atoms with Crippen LogP contribution in [0.1, 0.15) is 43.2 Å². The van der Waals surface area contributed by atoms with E-state index in [-0.39, 0.29) is 5.96 Å². The number of aryl methyl sites for hydroxylation is 2. The van der Waals surface area contributed by atoms with E-state index in [4.69, 9.17) is 21.4 Å². The Balaban J connectivity index is 1.62. The molecule has 1 aliphatic heterocycles. The molecule has 0 unspecified atom stereocenters. The second-order valence-electron chi connectivity index (χ2n) is 8.42. The van der Waals surface area contributed by atoms with Crippen molar-refractivity contribution in [2.24, 2.45) is 21.5 Å². The van der Waals surface area contributed by atoms with Crippen LogP contribution in [0.3, 0.4) is 0 Å². The largest absolute Gasteiger partial charge is 0.369 e. The summed E-state index contributed by atoms with van der Waals surface area (Å²) in [4.78, 5) is 16.0. The summed E-state index contributed by atoms with van der Waals surface area (Å²) < 4.78 is 2.05. The van der Waals surface area contributed by atoms with E-state index in [9.17, 15) is 0 Å². The van der Waals surface area contributed by atoms with Gasteiger partial charge in [-0.15, -0.1) is 0 Å². The quantitative estimate of drug-likeness (QED) is 0.684. The van der Waals surface area contributed by atoms with E-state index < -0.39 is 5.66 Å². The van der Waals surface area contributed by atoms with Crippen LogP contribution in [0.4, 0.5) is 5.69 Å². The molecule has 3 heterocycles. The zero-order valence-corrected chi connectivity index (χ0v) is 17.5. The first kappa shape index (κ1) is 18.7. The first-order valence-corrected chi connectivity index (χ1v) is 10.5. The minimum atomic E-state index is -0.451. The SMILES string of the molecule is Cc1ccn2cc(-c3ccc(C)c(N4C(N)=NC(N)=NC45CCCCC5)c3)nc2c1. The standard InChI is InChI=1S/C23H27N7/c1-15-8-11-29-14-18(26-20(29)12-15)17-7-6-16(2)19(13-17)30-22(25)27-21(24)28-23(30)9-4-3-5-10-23/h6-8,11-14H,3-5,9-10H2,1-2H3,(H4,24,25,27,28). The summed E-state index contributed by atoms with van der Waals surface area (Å²) >= 11 is 0. The van der Waals surface area contributed by atoms with Gasteiger partial charge in [-0.3, -0.25) is 4.90 Å². The van der Waals surface area contributed by atoms with Crippen LogP contribution in [0.25, 0.3) is 16.9 Å². The van der Waals surface area contributed by atoms with Gasteiger partial charge in [0.25, 0.3) is 0 Å². The van der Waals surface area contributed by atoms with Gasteiger partial charge in [-0.25, -0.2) is 9.98 Å². The van der Waals surface area contributed by atoms with Gasteiger partial charge in [0.05, 0.1) is 5.69 Å². The molecule has 5 rings (SSSR count). The van der Waals surface area contributed by atoms with Crippen molar-refractivity contribution in [2.45, 2.75) is 51.6 Å². The second kappa shape index (κ2) is 6.86. The highest BCUT2D eigenvalue weighted by molar-refractivity contribution is 6.06. The van der Waals surface area contributed by atoms with Gasteiger partial charge in [-0.1, -0.05) is 18.6 Å². The number of aliphatic imine (C=N–C) groups is 2. The Kier molecular flexibility index (Phi) is 4.27. The molecule has 2 aliphatic rings. The highest BCUT2D eigenvalue weighted by Gasteiger charge is 2.43. The van der Waals surface area contributed by atoms with Crippen LogP contribution in [0.15, 0.2) is 52.7 Å². The maximum Gasteiger partial charge on any atom is 0.220 e. The third-order valence-electron chi connectivity index (χ3n) is 6.21. The number of aromatic nitrogens is 2. The average molecular weight is 402 g/mol. The van der Waals surface area contributed by atoms with E-state index in [1.54, 1.807) is 0 Å². The molecule has 1 aromatic carbocycles. The molecule has 0 bridgehead atoms. The van der Waals surface area contributed by atoms with Crippen LogP contribution >= 0.6 is 0 Å². The van der Waals surface area contributed by atoms with Crippen molar-refractivity contribution in [3.05, 3.63) is 53.9 Å². The minimum Gasteiger partial charge on any atom is -0.369 e. The predicted octanol–water partition coefficient (Wildman–Crippen LogP) is 3.73. The molecule has 0 amide bonds. The Bertz CT molecular complexity index is 1180. The van der Waals surface area contributed by atoms with E-state index in [0.29, 0.717) is 5.96 Å². The number of guanidine groups is 2. The summed E-state index contributed by atoms with van der Waals surface area (Å²) in [5.74, 6) is 0.686. The molecular weight excluding hydrogens is 374 g/mol. The molecule has 1 saturated carbocycles. The highest BCUT2D eigenvalue weighted by Crippen LogP contribution is 2.41. The monoisotopic (exact) mass is 401 g/mol. The summed E-state index contributed by atoms with van der Waals surface area (Å²) in [7, 11) is 0. The first-order valence-electron chi connectivity index (χ1n) is 10.5. The number of nitrogens with zero attached hydrogens (tertiary/aromatic N) is 5. The fourth-order valence-corrected chi connectivity index (χ4v) is 4.70. The van der Waals surface area contributed by atoms with Crippen LogP contribution in [-0.4, -0.2) is 27.0 Å². The van der Waals surface area contributed by atoms with Gasteiger partial charge in [0.15, 0.2) is 0 Å². The highest BCUT2D eigenvalue weighted by atomic mass is 15.4. The summed E-state index contributed by atoms with van der Waals surface area (Å²) in [5, 5.41) is 0. The van der Waals surface area contributed by atoms with Gasteiger partial charge < -0.3 is 15.9 Å². The lowest BCUT2D eigenvalue weighted by Gasteiger charge is -2.46. The lowest BCUT2D eigenvalue weighted by molar-refractivity contribution is 0.305. The third kappa shape index (κ3) is 3.01. The van der Waals surface area contributed by atoms with Crippen molar-refractivity contribution in [2.75, 3.05) is 4.90 Å². The number of benzene rings is 1. The van der Waals surface area contributed by atoms with Gasteiger partial charge in [-0.05, 0) is 68.9 Å². The molecule has 4 N–H and O–H groups in total. The summed E-state index contributed by atoms with van der Waals surface area (Å²) in [6.07, 6.45) is 9.35. The maximum absolute atomic E-state index is 6.44. The van der Waals surface area contributed by atoms with E-state index in [1.807, 2.05) is 10.6 Å². The summed E-state index contributed by atoms with van der Waals surface area (Å²) in [6, 6.07) is 10.5. The van der Waals surface area contributed by atoms with Gasteiger partial charge in [0, 0.05) is 23.6 Å². The molecule has 7 nitrogen and oxygen atoms in total. The fourth-order valence-electron chi connectivity index (χ4n) is 4.70. The first-order chi connectivity index (χ1) is 14.4. The topological polar surface area (TPSA) is 97.3 Å². The zero-order valence-electron chi connectivity index (χ0n) is 17.5. The fraction of sp³-hybridized carbons (Fsp3) is 0.348.